The van der Waals surface area contributed by atoms with Gasteiger partial charge >= 0.3 is 0 Å². The molecule has 2 heterocycles. The van der Waals surface area contributed by atoms with Crippen molar-refractivity contribution < 1.29 is 0 Å². The zero-order chi connectivity index (χ0) is 15.7. The molecule has 0 aliphatic carbocycles. The molecule has 0 spiro atoms. The summed E-state index contributed by atoms with van der Waals surface area (Å²) in [5, 5.41) is 8.17. The maximum atomic E-state index is 6.00. The van der Waals surface area contributed by atoms with E-state index in [4.69, 9.17) is 28.9 Å². The molecular formula is C14H12Cl2N6. The summed E-state index contributed by atoms with van der Waals surface area (Å²) in [5.74, 6) is 0.724. The summed E-state index contributed by atoms with van der Waals surface area (Å²) in [7, 11) is 1.83. The summed E-state index contributed by atoms with van der Waals surface area (Å²) >= 11 is 11.9. The number of nitrogens with zero attached hydrogens (tertiary/aromatic N) is 4. The fraction of sp³-hybridized carbons (Fsp3) is 0.0714. The first-order chi connectivity index (χ1) is 10.5. The van der Waals surface area contributed by atoms with Gasteiger partial charge in [-0.15, -0.1) is 0 Å². The molecule has 0 aliphatic heterocycles. The van der Waals surface area contributed by atoms with Gasteiger partial charge in [-0.25, -0.2) is 4.98 Å². The van der Waals surface area contributed by atoms with Gasteiger partial charge in [0.2, 0.25) is 5.95 Å². The van der Waals surface area contributed by atoms with Crippen molar-refractivity contribution in [2.45, 2.75) is 0 Å². The fourth-order valence-electron chi connectivity index (χ4n) is 1.99. The van der Waals surface area contributed by atoms with Crippen LogP contribution in [-0.2, 0) is 7.05 Å². The topological polar surface area (TPSA) is 81.7 Å². The number of nitrogens with two attached hydrogens (primary N) is 1. The van der Waals surface area contributed by atoms with E-state index in [1.54, 1.807) is 35.3 Å². The predicted octanol–water partition coefficient (Wildman–Crippen LogP) is 3.51. The Kier molecular flexibility index (Phi) is 3.87. The summed E-state index contributed by atoms with van der Waals surface area (Å²) in [6.45, 7) is 0. The van der Waals surface area contributed by atoms with Crippen LogP contribution in [0.2, 0.25) is 10.0 Å². The van der Waals surface area contributed by atoms with E-state index in [2.05, 4.69) is 20.4 Å². The van der Waals surface area contributed by atoms with Crippen molar-refractivity contribution in [3.05, 3.63) is 46.8 Å². The van der Waals surface area contributed by atoms with Crippen molar-refractivity contribution in [3.63, 3.8) is 0 Å². The molecule has 6 nitrogen and oxygen atoms in total. The molecule has 0 aliphatic rings. The third-order valence-electron chi connectivity index (χ3n) is 2.95. The van der Waals surface area contributed by atoms with Crippen LogP contribution in [-0.4, -0.2) is 19.7 Å². The van der Waals surface area contributed by atoms with Crippen molar-refractivity contribution in [1.82, 2.24) is 19.7 Å². The molecule has 0 bridgehead atoms. The maximum Gasteiger partial charge on any atom is 0.229 e. The molecule has 0 unspecified atom stereocenters. The molecule has 0 radical (unpaired) electrons. The summed E-state index contributed by atoms with van der Waals surface area (Å²) in [5.41, 5.74) is 8.27. The first-order valence-electron chi connectivity index (χ1n) is 6.36. The molecule has 3 rings (SSSR count). The van der Waals surface area contributed by atoms with Crippen LogP contribution >= 0.6 is 23.2 Å². The number of aromatic nitrogens is 4. The Hall–Kier alpha value is -2.31. The normalized spacial score (nSPS) is 10.7. The van der Waals surface area contributed by atoms with Crippen LogP contribution in [0.5, 0.6) is 0 Å². The number of hydrogen-bond donors (Lipinski definition) is 2. The molecule has 2 aromatic heterocycles. The monoisotopic (exact) mass is 334 g/mol. The SMILES string of the molecule is Cn1cc(-c2cnc(Nc3cc(Cl)cc(Cl)c3)nc2N)cn1. The second-order valence-electron chi connectivity index (χ2n) is 4.68. The van der Waals surface area contributed by atoms with Crippen molar-refractivity contribution in [2.75, 3.05) is 11.1 Å². The van der Waals surface area contributed by atoms with Crippen molar-refractivity contribution in [3.8, 4) is 11.1 Å². The highest BCUT2D eigenvalue weighted by Crippen LogP contribution is 2.27. The Labute approximate surface area is 136 Å². The van der Waals surface area contributed by atoms with Gasteiger partial charge in [0.1, 0.15) is 5.82 Å². The number of hydrogen-bond acceptors (Lipinski definition) is 5. The number of nitrogens with one attached hydrogen (secondary N) is 1. The number of nitrogen functional groups attached to an aromatic ring is 1. The lowest BCUT2D eigenvalue weighted by atomic mass is 10.2. The van der Waals surface area contributed by atoms with Crippen LogP contribution < -0.4 is 11.1 Å². The highest BCUT2D eigenvalue weighted by atomic mass is 35.5. The molecule has 8 heteroatoms. The van der Waals surface area contributed by atoms with Gasteiger partial charge in [0, 0.05) is 46.3 Å². The van der Waals surface area contributed by atoms with Crippen LogP contribution in [0, 0.1) is 0 Å². The zero-order valence-electron chi connectivity index (χ0n) is 11.6. The van der Waals surface area contributed by atoms with Crippen LogP contribution in [0.3, 0.4) is 0 Å². The molecule has 3 N–H and O–H groups in total. The average molecular weight is 335 g/mol. The van der Waals surface area contributed by atoms with Crippen LogP contribution in [0.15, 0.2) is 36.8 Å². The molecule has 1 aromatic carbocycles. The lowest BCUT2D eigenvalue weighted by Crippen LogP contribution is -2.02. The first-order valence-corrected chi connectivity index (χ1v) is 7.11. The lowest BCUT2D eigenvalue weighted by Gasteiger charge is -2.08. The summed E-state index contributed by atoms with van der Waals surface area (Å²) in [6.07, 6.45) is 5.20. The smallest absolute Gasteiger partial charge is 0.229 e. The Morgan fingerprint density at radius 3 is 2.45 bits per heavy atom. The third kappa shape index (κ3) is 3.13. The van der Waals surface area contributed by atoms with E-state index >= 15 is 0 Å². The van der Waals surface area contributed by atoms with Crippen molar-refractivity contribution >= 4 is 40.7 Å². The van der Waals surface area contributed by atoms with E-state index in [-0.39, 0.29) is 0 Å². The minimum absolute atomic E-state index is 0.360. The molecule has 0 amide bonds. The third-order valence-corrected chi connectivity index (χ3v) is 3.39. The molecule has 0 fully saturated rings. The Bertz CT molecular complexity index is 810. The quantitative estimate of drug-likeness (QED) is 0.765. The number of rotatable bonds is 3. The highest BCUT2D eigenvalue weighted by Gasteiger charge is 2.09. The fourth-order valence-corrected chi connectivity index (χ4v) is 2.52. The number of aryl methyl sites for hydroxylation is 1. The van der Waals surface area contributed by atoms with Gasteiger partial charge in [0.05, 0.1) is 6.20 Å². The zero-order valence-corrected chi connectivity index (χ0v) is 13.1. The molecule has 0 atom stereocenters. The van der Waals surface area contributed by atoms with E-state index in [0.717, 1.165) is 11.1 Å². The first kappa shape index (κ1) is 14.6. The summed E-state index contributed by atoms with van der Waals surface area (Å²) in [6, 6.07) is 5.10. The van der Waals surface area contributed by atoms with Crippen molar-refractivity contribution in [2.24, 2.45) is 7.05 Å². The van der Waals surface area contributed by atoms with Crippen molar-refractivity contribution in [1.29, 1.82) is 0 Å². The Balaban J connectivity index is 1.88. The molecule has 0 saturated heterocycles. The van der Waals surface area contributed by atoms with Crippen LogP contribution in [0.4, 0.5) is 17.5 Å². The van der Waals surface area contributed by atoms with E-state index < -0.39 is 0 Å². The van der Waals surface area contributed by atoms with Gasteiger partial charge in [-0.3, -0.25) is 4.68 Å². The molecular weight excluding hydrogens is 323 g/mol. The predicted molar refractivity (Wildman–Crippen MR) is 88.4 cm³/mol. The maximum absolute atomic E-state index is 6.00. The Morgan fingerprint density at radius 1 is 1.14 bits per heavy atom. The van der Waals surface area contributed by atoms with Gasteiger partial charge < -0.3 is 11.1 Å². The minimum atomic E-state index is 0.360. The Morgan fingerprint density at radius 2 is 1.86 bits per heavy atom. The summed E-state index contributed by atoms with van der Waals surface area (Å²) in [4.78, 5) is 8.50. The highest BCUT2D eigenvalue weighted by molar-refractivity contribution is 6.35. The van der Waals surface area contributed by atoms with E-state index in [9.17, 15) is 0 Å². The van der Waals surface area contributed by atoms with Gasteiger partial charge in [0.25, 0.3) is 0 Å². The largest absolute Gasteiger partial charge is 0.383 e. The second kappa shape index (κ2) is 5.82. The van der Waals surface area contributed by atoms with E-state index in [1.807, 2.05) is 13.2 Å². The van der Waals surface area contributed by atoms with Gasteiger partial charge in [-0.1, -0.05) is 23.2 Å². The molecule has 22 heavy (non-hydrogen) atoms. The van der Waals surface area contributed by atoms with E-state index in [1.165, 1.54) is 0 Å². The van der Waals surface area contributed by atoms with Crippen LogP contribution in [0.25, 0.3) is 11.1 Å². The second-order valence-corrected chi connectivity index (χ2v) is 5.55. The van der Waals surface area contributed by atoms with Gasteiger partial charge in [-0.2, -0.15) is 10.1 Å². The lowest BCUT2D eigenvalue weighted by molar-refractivity contribution is 0.768. The average Bonchev–Trinajstić information content (AvgIpc) is 2.84. The number of anilines is 3. The van der Waals surface area contributed by atoms with Crippen LogP contribution in [0.1, 0.15) is 0 Å². The minimum Gasteiger partial charge on any atom is -0.383 e. The number of halogens is 2. The molecule has 0 saturated carbocycles. The summed E-state index contributed by atoms with van der Waals surface area (Å²) < 4.78 is 1.69. The number of benzene rings is 1. The van der Waals surface area contributed by atoms with Gasteiger partial charge in [0.15, 0.2) is 0 Å². The molecule has 3 aromatic rings. The van der Waals surface area contributed by atoms with E-state index in [0.29, 0.717) is 27.5 Å². The molecule has 112 valence electrons. The standard InChI is InChI=1S/C14H12Cl2N6/c1-22-7-8(5-19-22)12-6-18-14(21-13(12)17)20-11-3-9(15)2-10(16)4-11/h2-7H,1H3,(H3,17,18,20,21). The van der Waals surface area contributed by atoms with Gasteiger partial charge in [-0.05, 0) is 18.2 Å².